The van der Waals surface area contributed by atoms with Gasteiger partial charge in [-0.05, 0) is 36.1 Å². The third-order valence-electron chi connectivity index (χ3n) is 3.24. The van der Waals surface area contributed by atoms with Gasteiger partial charge in [0.05, 0.1) is 11.1 Å². The van der Waals surface area contributed by atoms with Gasteiger partial charge in [-0.2, -0.15) is 26.3 Å². The van der Waals surface area contributed by atoms with E-state index in [0.29, 0.717) is 12.8 Å². The molecule has 0 radical (unpaired) electrons. The fraction of sp³-hybridized carbons (Fsp3) is 0.571. The standard InChI is InChI=1S/C14H15ClF6/c1-3-4-12(15)8(2)9-5-10(13(16,17)18)7-11(6-9)14(19,20)21/h5-8,12H,3-4H2,1-2H3. The highest BCUT2D eigenvalue weighted by molar-refractivity contribution is 6.21. The second kappa shape index (κ2) is 6.46. The van der Waals surface area contributed by atoms with Crippen LogP contribution in [0.15, 0.2) is 18.2 Å². The predicted octanol–water partition coefficient (Wildman–Crippen LogP) is 6.24. The van der Waals surface area contributed by atoms with Crippen molar-refractivity contribution in [3.63, 3.8) is 0 Å². The molecule has 0 nitrogen and oxygen atoms in total. The van der Waals surface area contributed by atoms with Crippen LogP contribution in [0.1, 0.15) is 49.3 Å². The van der Waals surface area contributed by atoms with Crippen LogP contribution in [0.2, 0.25) is 0 Å². The van der Waals surface area contributed by atoms with E-state index in [-0.39, 0.29) is 11.6 Å². The van der Waals surface area contributed by atoms with Crippen molar-refractivity contribution in [1.82, 2.24) is 0 Å². The van der Waals surface area contributed by atoms with Gasteiger partial charge in [-0.3, -0.25) is 0 Å². The molecule has 0 saturated heterocycles. The average Bonchev–Trinajstić information content (AvgIpc) is 2.35. The molecule has 0 N–H and O–H groups in total. The van der Waals surface area contributed by atoms with Gasteiger partial charge in [0.25, 0.3) is 0 Å². The second-order valence-electron chi connectivity index (χ2n) is 4.93. The van der Waals surface area contributed by atoms with E-state index in [1.54, 1.807) is 0 Å². The second-order valence-corrected chi connectivity index (χ2v) is 5.49. The molecule has 0 aliphatic carbocycles. The van der Waals surface area contributed by atoms with Crippen LogP contribution >= 0.6 is 11.6 Å². The first-order valence-electron chi connectivity index (χ1n) is 6.40. The van der Waals surface area contributed by atoms with E-state index in [2.05, 4.69) is 0 Å². The molecule has 21 heavy (non-hydrogen) atoms. The maximum absolute atomic E-state index is 12.7. The normalized spacial score (nSPS) is 15.9. The fourth-order valence-corrected chi connectivity index (χ4v) is 2.34. The molecule has 0 spiro atoms. The monoisotopic (exact) mass is 332 g/mol. The quantitative estimate of drug-likeness (QED) is 0.452. The van der Waals surface area contributed by atoms with Gasteiger partial charge in [0, 0.05) is 5.38 Å². The first-order valence-corrected chi connectivity index (χ1v) is 6.84. The largest absolute Gasteiger partial charge is 0.416 e. The van der Waals surface area contributed by atoms with Gasteiger partial charge < -0.3 is 0 Å². The summed E-state index contributed by atoms with van der Waals surface area (Å²) in [5.41, 5.74) is -2.66. The van der Waals surface area contributed by atoms with E-state index in [1.807, 2.05) is 6.92 Å². The predicted molar refractivity (Wildman–Crippen MR) is 69.4 cm³/mol. The van der Waals surface area contributed by atoms with Gasteiger partial charge in [0.1, 0.15) is 0 Å². The summed E-state index contributed by atoms with van der Waals surface area (Å²) in [6, 6.07) is 1.61. The average molecular weight is 333 g/mol. The number of hydrogen-bond donors (Lipinski definition) is 0. The van der Waals surface area contributed by atoms with Gasteiger partial charge in [-0.1, -0.05) is 20.3 Å². The zero-order valence-corrected chi connectivity index (χ0v) is 12.2. The Morgan fingerprint density at radius 2 is 1.38 bits per heavy atom. The molecular formula is C14H15ClF6. The van der Waals surface area contributed by atoms with E-state index < -0.39 is 34.8 Å². The lowest BCUT2D eigenvalue weighted by Crippen LogP contribution is -2.15. The molecule has 120 valence electrons. The van der Waals surface area contributed by atoms with Crippen molar-refractivity contribution in [2.24, 2.45) is 0 Å². The Bertz CT molecular complexity index is 445. The van der Waals surface area contributed by atoms with Crippen LogP contribution in [0.4, 0.5) is 26.3 Å². The van der Waals surface area contributed by atoms with Crippen LogP contribution in [0, 0.1) is 0 Å². The molecule has 0 amide bonds. The van der Waals surface area contributed by atoms with Crippen molar-refractivity contribution in [2.45, 2.75) is 50.3 Å². The highest BCUT2D eigenvalue weighted by Gasteiger charge is 2.37. The number of halogens is 7. The summed E-state index contributed by atoms with van der Waals surface area (Å²) in [6.07, 6.45) is -8.45. The Labute approximate surface area is 124 Å². The van der Waals surface area contributed by atoms with Crippen LogP contribution in [-0.2, 0) is 12.4 Å². The Balaban J connectivity index is 3.32. The molecule has 0 aliphatic heterocycles. The SMILES string of the molecule is CCCC(Cl)C(C)c1cc(C(F)(F)F)cc(C(F)(F)F)c1. The van der Waals surface area contributed by atoms with Crippen molar-refractivity contribution < 1.29 is 26.3 Å². The Morgan fingerprint density at radius 1 is 0.952 bits per heavy atom. The van der Waals surface area contributed by atoms with E-state index in [0.717, 1.165) is 12.1 Å². The van der Waals surface area contributed by atoms with Crippen molar-refractivity contribution in [2.75, 3.05) is 0 Å². The molecule has 7 heteroatoms. The molecule has 2 atom stereocenters. The van der Waals surface area contributed by atoms with E-state index in [4.69, 9.17) is 11.6 Å². The highest BCUT2D eigenvalue weighted by Crippen LogP contribution is 2.39. The molecule has 0 aliphatic rings. The molecule has 0 aromatic heterocycles. The van der Waals surface area contributed by atoms with Gasteiger partial charge in [0.15, 0.2) is 0 Å². The molecule has 0 saturated carbocycles. The molecule has 2 unspecified atom stereocenters. The van der Waals surface area contributed by atoms with Crippen molar-refractivity contribution in [3.8, 4) is 0 Å². The van der Waals surface area contributed by atoms with Crippen LogP contribution in [0.3, 0.4) is 0 Å². The number of benzene rings is 1. The van der Waals surface area contributed by atoms with E-state index in [9.17, 15) is 26.3 Å². The van der Waals surface area contributed by atoms with Crippen LogP contribution < -0.4 is 0 Å². The Kier molecular flexibility index (Phi) is 5.58. The molecular weight excluding hydrogens is 318 g/mol. The zero-order valence-electron chi connectivity index (χ0n) is 11.4. The first-order chi connectivity index (χ1) is 9.46. The van der Waals surface area contributed by atoms with Crippen LogP contribution in [0.5, 0.6) is 0 Å². The summed E-state index contributed by atoms with van der Waals surface area (Å²) in [5.74, 6) is -0.602. The lowest BCUT2D eigenvalue weighted by atomic mass is 9.91. The summed E-state index contributed by atoms with van der Waals surface area (Å²) < 4.78 is 76.5. The minimum atomic E-state index is -4.83. The molecule has 0 heterocycles. The number of alkyl halides is 7. The lowest BCUT2D eigenvalue weighted by Gasteiger charge is -2.21. The van der Waals surface area contributed by atoms with E-state index in [1.165, 1.54) is 6.92 Å². The Hall–Kier alpha value is -0.910. The molecule has 0 bridgehead atoms. The molecule has 1 aromatic carbocycles. The highest BCUT2D eigenvalue weighted by atomic mass is 35.5. The summed E-state index contributed by atoms with van der Waals surface area (Å²) in [6.45, 7) is 3.37. The van der Waals surface area contributed by atoms with Gasteiger partial charge in [0.2, 0.25) is 0 Å². The third kappa shape index (κ3) is 4.80. The molecule has 0 fully saturated rings. The topological polar surface area (TPSA) is 0 Å². The number of hydrogen-bond acceptors (Lipinski definition) is 0. The molecule has 1 aromatic rings. The van der Waals surface area contributed by atoms with Crippen molar-refractivity contribution >= 4 is 11.6 Å². The summed E-state index contributed by atoms with van der Waals surface area (Å²) in [5, 5.41) is -0.514. The van der Waals surface area contributed by atoms with Crippen molar-refractivity contribution in [3.05, 3.63) is 34.9 Å². The van der Waals surface area contributed by atoms with Gasteiger partial charge >= 0.3 is 12.4 Å². The van der Waals surface area contributed by atoms with Gasteiger partial charge in [-0.15, -0.1) is 11.6 Å². The summed E-state index contributed by atoms with van der Waals surface area (Å²) >= 11 is 6.04. The first kappa shape index (κ1) is 18.1. The maximum Gasteiger partial charge on any atom is 0.416 e. The van der Waals surface area contributed by atoms with Crippen LogP contribution in [0.25, 0.3) is 0 Å². The summed E-state index contributed by atoms with van der Waals surface area (Å²) in [7, 11) is 0. The zero-order chi connectivity index (χ0) is 16.4. The lowest BCUT2D eigenvalue weighted by molar-refractivity contribution is -0.143. The summed E-state index contributed by atoms with van der Waals surface area (Å²) in [4.78, 5) is 0. The fourth-order valence-electron chi connectivity index (χ4n) is 1.98. The molecule has 1 rings (SSSR count). The van der Waals surface area contributed by atoms with E-state index >= 15 is 0 Å². The van der Waals surface area contributed by atoms with Crippen LogP contribution in [-0.4, -0.2) is 5.38 Å². The Morgan fingerprint density at radius 3 is 1.71 bits per heavy atom. The maximum atomic E-state index is 12.7. The minimum Gasteiger partial charge on any atom is -0.166 e. The van der Waals surface area contributed by atoms with Crippen molar-refractivity contribution in [1.29, 1.82) is 0 Å². The minimum absolute atomic E-state index is 0.0504. The van der Waals surface area contributed by atoms with Gasteiger partial charge in [-0.25, -0.2) is 0 Å². The number of rotatable bonds is 4. The third-order valence-corrected chi connectivity index (χ3v) is 3.84. The smallest absolute Gasteiger partial charge is 0.166 e.